The zero-order valence-corrected chi connectivity index (χ0v) is 11.0. The molecule has 0 radical (unpaired) electrons. The molecule has 16 heavy (non-hydrogen) atoms. The molecule has 1 aliphatic rings. The second kappa shape index (κ2) is 6.89. The SMILES string of the molecule is CC(CNC(=O)C(C)C)CN1CCCCC1. The Hall–Kier alpha value is -0.570. The highest BCUT2D eigenvalue weighted by Gasteiger charge is 2.14. The van der Waals surface area contributed by atoms with Crippen LogP contribution in [0.3, 0.4) is 0 Å². The van der Waals surface area contributed by atoms with Crippen LogP contribution < -0.4 is 5.32 Å². The lowest BCUT2D eigenvalue weighted by Gasteiger charge is -2.29. The van der Waals surface area contributed by atoms with E-state index in [2.05, 4.69) is 17.1 Å². The van der Waals surface area contributed by atoms with Gasteiger partial charge in [0, 0.05) is 19.0 Å². The predicted molar refractivity (Wildman–Crippen MR) is 67.3 cm³/mol. The fourth-order valence-electron chi connectivity index (χ4n) is 2.13. The maximum absolute atomic E-state index is 11.4. The van der Waals surface area contributed by atoms with E-state index >= 15 is 0 Å². The molecular weight excluding hydrogens is 200 g/mol. The maximum atomic E-state index is 11.4. The summed E-state index contributed by atoms with van der Waals surface area (Å²) < 4.78 is 0. The Morgan fingerprint density at radius 3 is 2.38 bits per heavy atom. The van der Waals surface area contributed by atoms with E-state index in [1.54, 1.807) is 0 Å². The van der Waals surface area contributed by atoms with Gasteiger partial charge in [-0.3, -0.25) is 4.79 Å². The third-order valence-corrected chi connectivity index (χ3v) is 3.17. The van der Waals surface area contributed by atoms with Crippen molar-refractivity contribution in [1.29, 1.82) is 0 Å². The van der Waals surface area contributed by atoms with Crippen LogP contribution in [0.1, 0.15) is 40.0 Å². The summed E-state index contributed by atoms with van der Waals surface area (Å²) in [5.41, 5.74) is 0. The fourth-order valence-corrected chi connectivity index (χ4v) is 2.13. The fraction of sp³-hybridized carbons (Fsp3) is 0.923. The zero-order chi connectivity index (χ0) is 12.0. The summed E-state index contributed by atoms with van der Waals surface area (Å²) in [7, 11) is 0. The van der Waals surface area contributed by atoms with Crippen molar-refractivity contribution < 1.29 is 4.79 Å². The van der Waals surface area contributed by atoms with Crippen molar-refractivity contribution in [2.24, 2.45) is 11.8 Å². The molecule has 0 aromatic rings. The second-order valence-corrected chi connectivity index (χ2v) is 5.37. The largest absolute Gasteiger partial charge is 0.356 e. The molecule has 1 unspecified atom stereocenters. The van der Waals surface area contributed by atoms with Gasteiger partial charge in [0.1, 0.15) is 0 Å². The molecule has 0 saturated carbocycles. The Balaban J connectivity index is 2.14. The first-order valence-corrected chi connectivity index (χ1v) is 6.59. The van der Waals surface area contributed by atoms with Crippen molar-refractivity contribution in [1.82, 2.24) is 10.2 Å². The van der Waals surface area contributed by atoms with Crippen LogP contribution >= 0.6 is 0 Å². The molecule has 1 heterocycles. The zero-order valence-electron chi connectivity index (χ0n) is 11.0. The predicted octanol–water partition coefficient (Wildman–Crippen LogP) is 1.88. The first-order valence-electron chi connectivity index (χ1n) is 6.59. The van der Waals surface area contributed by atoms with Gasteiger partial charge in [-0.1, -0.05) is 27.2 Å². The molecule has 1 fully saturated rings. The first-order chi connectivity index (χ1) is 7.59. The highest BCUT2D eigenvalue weighted by atomic mass is 16.1. The highest BCUT2D eigenvalue weighted by Crippen LogP contribution is 2.10. The molecule has 1 atom stereocenters. The topological polar surface area (TPSA) is 32.3 Å². The molecule has 1 N–H and O–H groups in total. The number of piperidine rings is 1. The van der Waals surface area contributed by atoms with Crippen molar-refractivity contribution in [3.05, 3.63) is 0 Å². The molecule has 94 valence electrons. The summed E-state index contributed by atoms with van der Waals surface area (Å²) in [5.74, 6) is 0.827. The number of nitrogens with one attached hydrogen (secondary N) is 1. The molecule has 1 rings (SSSR count). The number of rotatable bonds is 5. The van der Waals surface area contributed by atoms with Crippen molar-refractivity contribution in [3.63, 3.8) is 0 Å². The van der Waals surface area contributed by atoms with Crippen LogP contribution in [0.2, 0.25) is 0 Å². The molecule has 0 bridgehead atoms. The van der Waals surface area contributed by atoms with E-state index in [1.807, 2.05) is 13.8 Å². The van der Waals surface area contributed by atoms with Crippen LogP contribution in [0.25, 0.3) is 0 Å². The van der Waals surface area contributed by atoms with Gasteiger partial charge in [-0.05, 0) is 31.8 Å². The normalized spacial score (nSPS) is 19.8. The number of carbonyl (C=O) groups is 1. The molecule has 3 heteroatoms. The number of amides is 1. The van der Waals surface area contributed by atoms with E-state index in [4.69, 9.17) is 0 Å². The van der Waals surface area contributed by atoms with Crippen LogP contribution in [0.4, 0.5) is 0 Å². The molecule has 1 saturated heterocycles. The lowest BCUT2D eigenvalue weighted by Crippen LogP contribution is -2.38. The number of hydrogen-bond donors (Lipinski definition) is 1. The van der Waals surface area contributed by atoms with Gasteiger partial charge >= 0.3 is 0 Å². The molecule has 0 aromatic carbocycles. The summed E-state index contributed by atoms with van der Waals surface area (Å²) in [4.78, 5) is 13.9. The van der Waals surface area contributed by atoms with Crippen molar-refractivity contribution in [2.45, 2.75) is 40.0 Å². The third-order valence-electron chi connectivity index (χ3n) is 3.17. The van der Waals surface area contributed by atoms with Crippen molar-refractivity contribution >= 4 is 5.91 Å². The van der Waals surface area contributed by atoms with Gasteiger partial charge in [0.2, 0.25) is 5.91 Å². The quantitative estimate of drug-likeness (QED) is 0.776. The smallest absolute Gasteiger partial charge is 0.222 e. The Labute approximate surface area is 99.6 Å². The molecule has 1 aliphatic heterocycles. The summed E-state index contributed by atoms with van der Waals surface area (Å²) >= 11 is 0. The second-order valence-electron chi connectivity index (χ2n) is 5.37. The average Bonchev–Trinajstić information content (AvgIpc) is 2.27. The van der Waals surface area contributed by atoms with Gasteiger partial charge in [0.05, 0.1) is 0 Å². The molecule has 0 aromatic heterocycles. The monoisotopic (exact) mass is 226 g/mol. The summed E-state index contributed by atoms with van der Waals surface area (Å²) in [6, 6.07) is 0. The Kier molecular flexibility index (Phi) is 5.81. The minimum atomic E-state index is 0.0992. The highest BCUT2D eigenvalue weighted by molar-refractivity contribution is 5.77. The van der Waals surface area contributed by atoms with E-state index in [0.29, 0.717) is 5.92 Å². The van der Waals surface area contributed by atoms with Crippen LogP contribution in [-0.2, 0) is 4.79 Å². The number of carbonyl (C=O) groups excluding carboxylic acids is 1. The average molecular weight is 226 g/mol. The Morgan fingerprint density at radius 2 is 1.81 bits per heavy atom. The molecular formula is C13H26N2O. The molecule has 0 spiro atoms. The summed E-state index contributed by atoms with van der Waals surface area (Å²) in [6.45, 7) is 10.5. The number of hydrogen-bond acceptors (Lipinski definition) is 2. The van der Waals surface area contributed by atoms with Crippen LogP contribution in [-0.4, -0.2) is 37.0 Å². The summed E-state index contributed by atoms with van der Waals surface area (Å²) in [5, 5.41) is 3.01. The number of likely N-dealkylation sites (tertiary alicyclic amines) is 1. The first kappa shape index (κ1) is 13.5. The van der Waals surface area contributed by atoms with Gasteiger partial charge in [-0.2, -0.15) is 0 Å². The molecule has 1 amide bonds. The van der Waals surface area contributed by atoms with E-state index in [-0.39, 0.29) is 11.8 Å². The van der Waals surface area contributed by atoms with Crippen molar-refractivity contribution in [2.75, 3.05) is 26.2 Å². The van der Waals surface area contributed by atoms with E-state index in [0.717, 1.165) is 13.1 Å². The lowest BCUT2D eigenvalue weighted by molar-refractivity contribution is -0.124. The van der Waals surface area contributed by atoms with Crippen LogP contribution in [0.15, 0.2) is 0 Å². The minimum absolute atomic E-state index is 0.0992. The maximum Gasteiger partial charge on any atom is 0.222 e. The van der Waals surface area contributed by atoms with E-state index < -0.39 is 0 Å². The van der Waals surface area contributed by atoms with Gasteiger partial charge in [-0.25, -0.2) is 0 Å². The van der Waals surface area contributed by atoms with Gasteiger partial charge < -0.3 is 10.2 Å². The lowest BCUT2D eigenvalue weighted by atomic mass is 10.1. The minimum Gasteiger partial charge on any atom is -0.356 e. The standard InChI is InChI=1S/C13H26N2O/c1-11(2)13(16)14-9-12(3)10-15-7-5-4-6-8-15/h11-12H,4-10H2,1-3H3,(H,14,16). The third kappa shape index (κ3) is 4.97. The van der Waals surface area contributed by atoms with E-state index in [9.17, 15) is 4.79 Å². The van der Waals surface area contributed by atoms with Crippen LogP contribution in [0.5, 0.6) is 0 Å². The van der Waals surface area contributed by atoms with Crippen LogP contribution in [0, 0.1) is 11.8 Å². The number of nitrogens with zero attached hydrogens (tertiary/aromatic N) is 1. The Morgan fingerprint density at radius 1 is 1.19 bits per heavy atom. The van der Waals surface area contributed by atoms with E-state index in [1.165, 1.54) is 32.4 Å². The summed E-state index contributed by atoms with van der Waals surface area (Å²) in [6.07, 6.45) is 4.06. The van der Waals surface area contributed by atoms with Gasteiger partial charge in [0.25, 0.3) is 0 Å². The molecule has 0 aliphatic carbocycles. The molecule has 3 nitrogen and oxygen atoms in total. The van der Waals surface area contributed by atoms with Crippen molar-refractivity contribution in [3.8, 4) is 0 Å². The Bertz CT molecular complexity index is 210. The van der Waals surface area contributed by atoms with Gasteiger partial charge in [0.15, 0.2) is 0 Å². The van der Waals surface area contributed by atoms with Gasteiger partial charge in [-0.15, -0.1) is 0 Å².